The number of hydrogen-bond donors (Lipinski definition) is 0. The van der Waals surface area contributed by atoms with Gasteiger partial charge in [-0.05, 0) is 24.3 Å². The molecule has 0 bridgehead atoms. The second-order valence-corrected chi connectivity index (χ2v) is 8.43. The first-order chi connectivity index (χ1) is 15.0. The lowest BCUT2D eigenvalue weighted by atomic mass is 10.1. The van der Waals surface area contributed by atoms with Crippen LogP contribution < -0.4 is 9.64 Å². The number of benzene rings is 2. The summed E-state index contributed by atoms with van der Waals surface area (Å²) in [7, 11) is 1.47. The van der Waals surface area contributed by atoms with Crippen LogP contribution in [-0.4, -0.2) is 62.3 Å². The van der Waals surface area contributed by atoms with Gasteiger partial charge in [-0.3, -0.25) is 14.6 Å². The van der Waals surface area contributed by atoms with E-state index in [4.69, 9.17) is 21.1 Å². The predicted octanol–water partition coefficient (Wildman–Crippen LogP) is 4.22. The molecule has 0 aliphatic carbocycles. The molecule has 3 aromatic rings. The number of fused-ring (bicyclic) bond motifs is 1. The second-order valence-electron chi connectivity index (χ2n) is 6.99. The van der Waals surface area contributed by atoms with E-state index in [1.165, 1.54) is 24.1 Å². The Bertz CT molecular complexity index is 1100. The summed E-state index contributed by atoms with van der Waals surface area (Å²) in [6, 6.07) is 6.77. The van der Waals surface area contributed by atoms with E-state index in [0.717, 1.165) is 30.5 Å². The normalized spacial score (nSPS) is 14.7. The van der Waals surface area contributed by atoms with Crippen molar-refractivity contribution in [3.63, 3.8) is 0 Å². The third-order valence-electron chi connectivity index (χ3n) is 5.01. The lowest BCUT2D eigenvalue weighted by Gasteiger charge is -2.29. The minimum atomic E-state index is -0.765. The Morgan fingerprint density at radius 3 is 2.81 bits per heavy atom. The molecule has 2 heterocycles. The van der Waals surface area contributed by atoms with Crippen molar-refractivity contribution in [2.45, 2.75) is 0 Å². The lowest BCUT2D eigenvalue weighted by molar-refractivity contribution is 0.0391. The maximum Gasteiger partial charge on any atom is 0.263 e. The number of nitrogens with zero attached hydrogens (tertiary/aromatic N) is 3. The molecule has 0 atom stereocenters. The molecule has 2 aromatic carbocycles. The van der Waals surface area contributed by atoms with Gasteiger partial charge in [-0.2, -0.15) is 0 Å². The van der Waals surface area contributed by atoms with Crippen LogP contribution in [0.2, 0.25) is 5.02 Å². The number of morpholine rings is 1. The van der Waals surface area contributed by atoms with Crippen LogP contribution in [0.15, 0.2) is 30.3 Å². The highest BCUT2D eigenvalue weighted by Crippen LogP contribution is 2.33. The standard InChI is InChI=1S/C21H20ClF2N3O3S/c1-29-17-3-2-13(22)10-15(17)20(28)27(5-4-26-6-8-30-9-7-26)21-25-19-16(24)11-14(23)12-18(19)31-21/h2-3,10-12H,4-9H2,1H3. The molecule has 0 N–H and O–H groups in total. The van der Waals surface area contributed by atoms with Crippen molar-refractivity contribution in [3.05, 3.63) is 52.6 Å². The van der Waals surface area contributed by atoms with E-state index in [0.29, 0.717) is 41.8 Å². The van der Waals surface area contributed by atoms with E-state index in [1.54, 1.807) is 12.1 Å². The van der Waals surface area contributed by atoms with E-state index in [1.807, 2.05) is 0 Å². The monoisotopic (exact) mass is 467 g/mol. The Morgan fingerprint density at radius 1 is 1.29 bits per heavy atom. The van der Waals surface area contributed by atoms with Crippen molar-refractivity contribution >= 4 is 44.2 Å². The molecule has 31 heavy (non-hydrogen) atoms. The molecule has 1 aromatic heterocycles. The van der Waals surface area contributed by atoms with Crippen LogP contribution in [0.1, 0.15) is 10.4 Å². The van der Waals surface area contributed by atoms with E-state index in [9.17, 15) is 13.6 Å². The zero-order chi connectivity index (χ0) is 22.0. The van der Waals surface area contributed by atoms with Crippen molar-refractivity contribution in [2.24, 2.45) is 0 Å². The second kappa shape index (κ2) is 9.44. The molecule has 4 rings (SSSR count). The molecule has 1 fully saturated rings. The molecule has 1 aliphatic heterocycles. The highest BCUT2D eigenvalue weighted by atomic mass is 35.5. The van der Waals surface area contributed by atoms with Crippen molar-refractivity contribution in [1.29, 1.82) is 0 Å². The number of thiazole rings is 1. The van der Waals surface area contributed by atoms with Gasteiger partial charge in [-0.1, -0.05) is 22.9 Å². The molecule has 0 saturated carbocycles. The molecule has 10 heteroatoms. The average Bonchev–Trinajstić information content (AvgIpc) is 3.18. The Labute approximate surface area is 186 Å². The highest BCUT2D eigenvalue weighted by molar-refractivity contribution is 7.22. The fraction of sp³-hybridized carbons (Fsp3) is 0.333. The molecule has 0 unspecified atom stereocenters. The smallest absolute Gasteiger partial charge is 0.263 e. The van der Waals surface area contributed by atoms with Gasteiger partial charge in [0, 0.05) is 37.3 Å². The molecule has 1 amide bonds. The van der Waals surface area contributed by atoms with Gasteiger partial charge in [0.1, 0.15) is 17.1 Å². The first-order valence-corrected chi connectivity index (χ1v) is 10.9. The van der Waals surface area contributed by atoms with Gasteiger partial charge in [0.05, 0.1) is 30.6 Å². The lowest BCUT2D eigenvalue weighted by Crippen LogP contribution is -2.43. The largest absolute Gasteiger partial charge is 0.496 e. The number of rotatable bonds is 6. The number of halogens is 3. The number of carbonyl (C=O) groups is 1. The number of aromatic nitrogens is 1. The van der Waals surface area contributed by atoms with Crippen molar-refractivity contribution in [2.75, 3.05) is 51.4 Å². The quantitative estimate of drug-likeness (QED) is 0.543. The van der Waals surface area contributed by atoms with Crippen LogP contribution in [0.3, 0.4) is 0 Å². The summed E-state index contributed by atoms with van der Waals surface area (Å²) in [5.74, 6) is -1.47. The first kappa shape index (κ1) is 21.9. The number of carbonyl (C=O) groups excluding carboxylic acids is 1. The molecule has 0 radical (unpaired) electrons. The fourth-order valence-corrected chi connectivity index (χ4v) is 4.61. The van der Waals surface area contributed by atoms with E-state index in [2.05, 4.69) is 9.88 Å². The van der Waals surface area contributed by atoms with Crippen molar-refractivity contribution in [1.82, 2.24) is 9.88 Å². The van der Waals surface area contributed by atoms with E-state index < -0.39 is 11.6 Å². The molecule has 1 saturated heterocycles. The van der Waals surface area contributed by atoms with Crippen LogP contribution in [0.5, 0.6) is 5.75 Å². The topological polar surface area (TPSA) is 54.9 Å². The predicted molar refractivity (Wildman–Crippen MR) is 116 cm³/mol. The third-order valence-corrected chi connectivity index (χ3v) is 6.27. The summed E-state index contributed by atoms with van der Waals surface area (Å²) in [5, 5.41) is 0.662. The van der Waals surface area contributed by atoms with Crippen molar-refractivity contribution in [3.8, 4) is 5.75 Å². The molecule has 1 aliphatic rings. The van der Waals surface area contributed by atoms with Gasteiger partial charge in [-0.25, -0.2) is 13.8 Å². The maximum absolute atomic E-state index is 14.2. The van der Waals surface area contributed by atoms with Gasteiger partial charge in [0.15, 0.2) is 10.9 Å². The molecular weight excluding hydrogens is 448 g/mol. The van der Waals surface area contributed by atoms with Crippen LogP contribution in [0.4, 0.5) is 13.9 Å². The van der Waals surface area contributed by atoms with Gasteiger partial charge in [0.2, 0.25) is 0 Å². The Hall–Kier alpha value is -2.33. The van der Waals surface area contributed by atoms with Crippen LogP contribution in [0, 0.1) is 11.6 Å². The number of methoxy groups -OCH3 is 1. The SMILES string of the molecule is COc1ccc(Cl)cc1C(=O)N(CCN1CCOCC1)c1nc2c(F)cc(F)cc2s1. The number of amides is 1. The average molecular weight is 468 g/mol. The number of ether oxygens (including phenoxy) is 2. The van der Waals surface area contributed by atoms with Crippen molar-refractivity contribution < 1.29 is 23.0 Å². The zero-order valence-corrected chi connectivity index (χ0v) is 18.3. The van der Waals surface area contributed by atoms with Crippen LogP contribution in [-0.2, 0) is 4.74 Å². The molecular formula is C21H20ClF2N3O3S. The van der Waals surface area contributed by atoms with Gasteiger partial charge < -0.3 is 9.47 Å². The third kappa shape index (κ3) is 4.79. The Balaban J connectivity index is 1.71. The summed E-state index contributed by atoms with van der Waals surface area (Å²) in [5.41, 5.74) is 0.298. The summed E-state index contributed by atoms with van der Waals surface area (Å²) in [4.78, 5) is 21.5. The Morgan fingerprint density at radius 2 is 2.06 bits per heavy atom. The van der Waals surface area contributed by atoms with Crippen LogP contribution in [0.25, 0.3) is 10.2 Å². The molecule has 6 nitrogen and oxygen atoms in total. The Kier molecular flexibility index (Phi) is 6.66. The first-order valence-electron chi connectivity index (χ1n) is 9.67. The van der Waals surface area contributed by atoms with Gasteiger partial charge in [-0.15, -0.1) is 0 Å². The summed E-state index contributed by atoms with van der Waals surface area (Å²) < 4.78 is 39.0. The van der Waals surface area contributed by atoms with Gasteiger partial charge >= 0.3 is 0 Å². The molecule has 0 spiro atoms. The highest BCUT2D eigenvalue weighted by Gasteiger charge is 2.26. The van der Waals surface area contributed by atoms with E-state index in [-0.39, 0.29) is 22.1 Å². The zero-order valence-electron chi connectivity index (χ0n) is 16.7. The minimum Gasteiger partial charge on any atom is -0.496 e. The number of anilines is 1. The summed E-state index contributed by atoms with van der Waals surface area (Å²) >= 11 is 7.18. The molecule has 164 valence electrons. The summed E-state index contributed by atoms with van der Waals surface area (Å²) in [6.45, 7) is 3.64. The summed E-state index contributed by atoms with van der Waals surface area (Å²) in [6.07, 6.45) is 0. The van der Waals surface area contributed by atoms with Gasteiger partial charge in [0.25, 0.3) is 5.91 Å². The van der Waals surface area contributed by atoms with E-state index >= 15 is 0 Å². The minimum absolute atomic E-state index is 0.0311. The van der Waals surface area contributed by atoms with Crippen LogP contribution >= 0.6 is 22.9 Å². The maximum atomic E-state index is 14.2. The number of hydrogen-bond acceptors (Lipinski definition) is 6. The fourth-order valence-electron chi connectivity index (χ4n) is 3.40.